The van der Waals surface area contributed by atoms with Crippen molar-refractivity contribution in [3.63, 3.8) is 0 Å². The summed E-state index contributed by atoms with van der Waals surface area (Å²) in [7, 11) is 0. The SMILES string of the molecule is O=C(O)c1cccc(N2CCC(CCN3CCCC3=O)CC2)n1. The molecule has 2 aliphatic rings. The third-order valence-corrected chi connectivity index (χ3v) is 4.87. The van der Waals surface area contributed by atoms with Crippen molar-refractivity contribution in [2.75, 3.05) is 31.1 Å². The molecule has 0 spiro atoms. The fourth-order valence-corrected chi connectivity index (χ4v) is 3.45. The van der Waals surface area contributed by atoms with E-state index in [2.05, 4.69) is 9.88 Å². The molecule has 23 heavy (non-hydrogen) atoms. The molecule has 2 aliphatic heterocycles. The van der Waals surface area contributed by atoms with Gasteiger partial charge in [0, 0.05) is 32.6 Å². The van der Waals surface area contributed by atoms with Gasteiger partial charge in [0.15, 0.2) is 5.69 Å². The van der Waals surface area contributed by atoms with Gasteiger partial charge < -0.3 is 14.9 Å². The smallest absolute Gasteiger partial charge is 0.354 e. The maximum atomic E-state index is 11.6. The van der Waals surface area contributed by atoms with Gasteiger partial charge in [-0.15, -0.1) is 0 Å². The van der Waals surface area contributed by atoms with Crippen molar-refractivity contribution in [1.29, 1.82) is 0 Å². The first kappa shape index (κ1) is 15.8. The molecule has 1 N–H and O–H groups in total. The van der Waals surface area contributed by atoms with Crippen LogP contribution in [0.15, 0.2) is 18.2 Å². The summed E-state index contributed by atoms with van der Waals surface area (Å²) < 4.78 is 0. The maximum Gasteiger partial charge on any atom is 0.354 e. The quantitative estimate of drug-likeness (QED) is 0.899. The second kappa shape index (κ2) is 6.98. The first-order valence-corrected chi connectivity index (χ1v) is 8.36. The second-order valence-corrected chi connectivity index (χ2v) is 6.39. The zero-order chi connectivity index (χ0) is 16.2. The summed E-state index contributed by atoms with van der Waals surface area (Å²) in [5.41, 5.74) is 0.0946. The van der Waals surface area contributed by atoms with E-state index in [0.29, 0.717) is 18.2 Å². The number of anilines is 1. The molecule has 0 bridgehead atoms. The molecule has 0 aliphatic carbocycles. The average Bonchev–Trinajstić information content (AvgIpc) is 2.98. The van der Waals surface area contributed by atoms with E-state index in [4.69, 9.17) is 5.11 Å². The van der Waals surface area contributed by atoms with Gasteiger partial charge in [-0.25, -0.2) is 9.78 Å². The lowest BCUT2D eigenvalue weighted by Gasteiger charge is -2.33. The van der Waals surface area contributed by atoms with Crippen LogP contribution in [0, 0.1) is 5.92 Å². The van der Waals surface area contributed by atoms with E-state index >= 15 is 0 Å². The molecule has 6 nitrogen and oxygen atoms in total. The van der Waals surface area contributed by atoms with E-state index in [9.17, 15) is 9.59 Å². The third kappa shape index (κ3) is 3.81. The molecule has 3 rings (SSSR count). The largest absolute Gasteiger partial charge is 0.477 e. The van der Waals surface area contributed by atoms with E-state index in [0.717, 1.165) is 57.7 Å². The Kier molecular flexibility index (Phi) is 4.79. The van der Waals surface area contributed by atoms with Crippen LogP contribution in [0.5, 0.6) is 0 Å². The predicted octanol–water partition coefficient (Wildman–Crippen LogP) is 2.01. The van der Waals surface area contributed by atoms with Crippen LogP contribution in [0.3, 0.4) is 0 Å². The zero-order valence-electron chi connectivity index (χ0n) is 13.3. The molecule has 1 aromatic heterocycles. The summed E-state index contributed by atoms with van der Waals surface area (Å²) >= 11 is 0. The highest BCUT2D eigenvalue weighted by atomic mass is 16.4. The summed E-state index contributed by atoms with van der Waals surface area (Å²) in [6.45, 7) is 3.60. The molecule has 3 heterocycles. The van der Waals surface area contributed by atoms with Gasteiger partial charge in [0.1, 0.15) is 5.82 Å². The molecule has 2 fully saturated rings. The summed E-state index contributed by atoms with van der Waals surface area (Å²) in [6.07, 6.45) is 4.93. The van der Waals surface area contributed by atoms with Crippen molar-refractivity contribution < 1.29 is 14.7 Å². The molecular formula is C17H23N3O3. The number of carboxylic acids is 1. The van der Waals surface area contributed by atoms with Crippen molar-refractivity contribution in [2.45, 2.75) is 32.1 Å². The Hall–Kier alpha value is -2.11. The topological polar surface area (TPSA) is 73.7 Å². The van der Waals surface area contributed by atoms with Gasteiger partial charge in [-0.05, 0) is 43.7 Å². The number of aromatic carboxylic acids is 1. The number of pyridine rings is 1. The zero-order valence-corrected chi connectivity index (χ0v) is 13.3. The van der Waals surface area contributed by atoms with E-state index in [1.807, 2.05) is 11.0 Å². The maximum absolute atomic E-state index is 11.6. The van der Waals surface area contributed by atoms with E-state index in [1.165, 1.54) is 6.07 Å². The van der Waals surface area contributed by atoms with Gasteiger partial charge in [0.05, 0.1) is 0 Å². The number of amides is 1. The molecule has 0 atom stereocenters. The highest BCUT2D eigenvalue weighted by Gasteiger charge is 2.24. The number of piperidine rings is 1. The van der Waals surface area contributed by atoms with Crippen molar-refractivity contribution in [3.8, 4) is 0 Å². The molecule has 0 unspecified atom stereocenters. The van der Waals surface area contributed by atoms with Crippen molar-refractivity contribution in [1.82, 2.24) is 9.88 Å². The lowest BCUT2D eigenvalue weighted by molar-refractivity contribution is -0.127. The van der Waals surface area contributed by atoms with Gasteiger partial charge in [0.25, 0.3) is 0 Å². The van der Waals surface area contributed by atoms with Gasteiger partial charge in [-0.1, -0.05) is 6.07 Å². The van der Waals surface area contributed by atoms with Crippen LogP contribution in [0.1, 0.15) is 42.6 Å². The number of carbonyl (C=O) groups is 2. The normalized spacial score (nSPS) is 19.4. The van der Waals surface area contributed by atoms with Gasteiger partial charge in [-0.3, -0.25) is 4.79 Å². The summed E-state index contributed by atoms with van der Waals surface area (Å²) in [4.78, 5) is 31.0. The van der Waals surface area contributed by atoms with Crippen LogP contribution in [-0.2, 0) is 4.79 Å². The summed E-state index contributed by atoms with van der Waals surface area (Å²) in [5, 5.41) is 9.03. The highest BCUT2D eigenvalue weighted by Crippen LogP contribution is 2.25. The monoisotopic (exact) mass is 317 g/mol. The number of rotatable bonds is 5. The lowest BCUT2D eigenvalue weighted by atomic mass is 9.93. The number of hydrogen-bond acceptors (Lipinski definition) is 4. The lowest BCUT2D eigenvalue weighted by Crippen LogP contribution is -2.36. The van der Waals surface area contributed by atoms with Crippen LogP contribution in [-0.4, -0.2) is 53.0 Å². The van der Waals surface area contributed by atoms with Crippen LogP contribution >= 0.6 is 0 Å². The number of carbonyl (C=O) groups excluding carboxylic acids is 1. The van der Waals surface area contributed by atoms with Crippen LogP contribution in [0.4, 0.5) is 5.82 Å². The number of carboxylic acid groups (broad SMARTS) is 1. The van der Waals surface area contributed by atoms with Gasteiger partial charge in [0.2, 0.25) is 5.91 Å². The van der Waals surface area contributed by atoms with Crippen molar-refractivity contribution in [2.24, 2.45) is 5.92 Å². The van der Waals surface area contributed by atoms with Crippen LogP contribution in [0.25, 0.3) is 0 Å². The summed E-state index contributed by atoms with van der Waals surface area (Å²) in [5.74, 6) is 0.703. The Morgan fingerprint density at radius 1 is 1.26 bits per heavy atom. The molecule has 0 saturated carbocycles. The Morgan fingerprint density at radius 3 is 2.70 bits per heavy atom. The summed E-state index contributed by atoms with van der Waals surface area (Å²) in [6, 6.07) is 5.14. The molecular weight excluding hydrogens is 294 g/mol. The number of aromatic nitrogens is 1. The fraction of sp³-hybridized carbons (Fsp3) is 0.588. The van der Waals surface area contributed by atoms with Crippen LogP contribution in [0.2, 0.25) is 0 Å². The minimum atomic E-state index is -0.989. The number of nitrogens with zero attached hydrogens (tertiary/aromatic N) is 3. The Morgan fingerprint density at radius 2 is 2.04 bits per heavy atom. The van der Waals surface area contributed by atoms with Crippen LogP contribution < -0.4 is 4.90 Å². The highest BCUT2D eigenvalue weighted by molar-refractivity contribution is 5.85. The second-order valence-electron chi connectivity index (χ2n) is 6.39. The predicted molar refractivity (Wildman–Crippen MR) is 86.6 cm³/mol. The molecule has 1 amide bonds. The van der Waals surface area contributed by atoms with Gasteiger partial charge >= 0.3 is 5.97 Å². The molecule has 2 saturated heterocycles. The average molecular weight is 317 g/mol. The molecule has 0 radical (unpaired) electrons. The van der Waals surface area contributed by atoms with E-state index in [1.54, 1.807) is 6.07 Å². The van der Waals surface area contributed by atoms with E-state index in [-0.39, 0.29) is 5.69 Å². The molecule has 1 aromatic rings. The minimum Gasteiger partial charge on any atom is -0.477 e. The van der Waals surface area contributed by atoms with Crippen molar-refractivity contribution in [3.05, 3.63) is 23.9 Å². The minimum absolute atomic E-state index is 0.0946. The van der Waals surface area contributed by atoms with E-state index < -0.39 is 5.97 Å². The van der Waals surface area contributed by atoms with Gasteiger partial charge in [-0.2, -0.15) is 0 Å². The van der Waals surface area contributed by atoms with Crippen molar-refractivity contribution >= 4 is 17.7 Å². The first-order chi connectivity index (χ1) is 11.1. The first-order valence-electron chi connectivity index (χ1n) is 8.36. The molecule has 0 aromatic carbocycles. The molecule has 124 valence electrons. The third-order valence-electron chi connectivity index (χ3n) is 4.87. The standard InChI is InChI=1S/C17H23N3O3/c21-16-5-2-9-20(16)12-8-13-6-10-19(11-7-13)15-4-1-3-14(18-15)17(22)23/h1,3-4,13H,2,5-12H2,(H,22,23). The Labute approximate surface area is 136 Å². The fourth-order valence-electron chi connectivity index (χ4n) is 3.45. The number of likely N-dealkylation sites (tertiary alicyclic amines) is 1. The number of hydrogen-bond donors (Lipinski definition) is 1. The Bertz CT molecular complexity index is 582. The Balaban J connectivity index is 1.49. The molecule has 6 heteroatoms.